The zero-order valence-corrected chi connectivity index (χ0v) is 15.9. The van der Waals surface area contributed by atoms with Crippen LogP contribution in [0.1, 0.15) is 35.5 Å². The molecule has 0 radical (unpaired) electrons. The van der Waals surface area contributed by atoms with Gasteiger partial charge in [-0.25, -0.2) is 4.98 Å². The minimum atomic E-state index is -0.351. The third kappa shape index (κ3) is 3.79. The van der Waals surface area contributed by atoms with Crippen molar-refractivity contribution in [2.45, 2.75) is 40.3 Å². The highest BCUT2D eigenvalue weighted by Crippen LogP contribution is 2.17. The van der Waals surface area contributed by atoms with Gasteiger partial charge >= 0.3 is 0 Å². The lowest BCUT2D eigenvalue weighted by Crippen LogP contribution is -2.53. The van der Waals surface area contributed by atoms with Gasteiger partial charge in [-0.3, -0.25) is 9.59 Å². The summed E-state index contributed by atoms with van der Waals surface area (Å²) in [7, 11) is 0. The van der Waals surface area contributed by atoms with E-state index >= 15 is 0 Å². The Morgan fingerprint density at radius 3 is 2.42 bits per heavy atom. The molecule has 2 amide bonds. The lowest BCUT2D eigenvalue weighted by atomic mass is 10.1. The molecule has 1 saturated heterocycles. The molecule has 0 spiro atoms. The summed E-state index contributed by atoms with van der Waals surface area (Å²) in [6.45, 7) is 9.71. The fourth-order valence-electron chi connectivity index (χ4n) is 3.62. The highest BCUT2D eigenvalue weighted by Gasteiger charge is 2.30. The molecule has 1 atom stereocenters. The zero-order valence-electron chi connectivity index (χ0n) is 15.9. The van der Waals surface area contributed by atoms with Crippen LogP contribution in [-0.2, 0) is 16.1 Å². The van der Waals surface area contributed by atoms with E-state index in [9.17, 15) is 9.59 Å². The maximum Gasteiger partial charge on any atom is 0.245 e. The maximum absolute atomic E-state index is 12.8. The van der Waals surface area contributed by atoms with E-state index in [1.54, 1.807) is 17.3 Å². The van der Waals surface area contributed by atoms with Crippen LogP contribution in [0, 0.1) is 20.8 Å². The Morgan fingerprint density at radius 1 is 1.15 bits per heavy atom. The Morgan fingerprint density at radius 2 is 1.85 bits per heavy atom. The van der Waals surface area contributed by atoms with Gasteiger partial charge in [-0.15, -0.1) is 0 Å². The second-order valence-corrected chi connectivity index (χ2v) is 7.13. The molecule has 2 aromatic rings. The lowest BCUT2D eigenvalue weighted by Gasteiger charge is -2.36. The number of imidazole rings is 1. The summed E-state index contributed by atoms with van der Waals surface area (Å²) in [4.78, 5) is 33.0. The predicted molar refractivity (Wildman–Crippen MR) is 99.6 cm³/mol. The van der Waals surface area contributed by atoms with Gasteiger partial charge in [0.05, 0.1) is 6.54 Å². The Bertz CT molecular complexity index is 807. The van der Waals surface area contributed by atoms with E-state index in [0.717, 1.165) is 11.4 Å². The van der Waals surface area contributed by atoms with Crippen molar-refractivity contribution >= 4 is 11.8 Å². The van der Waals surface area contributed by atoms with Gasteiger partial charge in [-0.05, 0) is 33.3 Å². The molecule has 6 heteroatoms. The summed E-state index contributed by atoms with van der Waals surface area (Å²) in [5, 5.41) is 0. The van der Waals surface area contributed by atoms with E-state index in [1.165, 1.54) is 11.1 Å². The molecule has 0 saturated carbocycles. The average Bonchev–Trinajstić information content (AvgIpc) is 3.00. The van der Waals surface area contributed by atoms with Crippen LogP contribution in [0.2, 0.25) is 0 Å². The Kier molecular flexibility index (Phi) is 5.11. The largest absolute Gasteiger partial charge is 0.335 e. The fourth-order valence-corrected chi connectivity index (χ4v) is 3.62. The van der Waals surface area contributed by atoms with E-state index in [4.69, 9.17) is 0 Å². The van der Waals surface area contributed by atoms with Gasteiger partial charge in [0, 0.05) is 32.0 Å². The molecule has 0 unspecified atom stereocenters. The first kappa shape index (κ1) is 18.2. The van der Waals surface area contributed by atoms with Crippen molar-refractivity contribution < 1.29 is 9.59 Å². The molecule has 0 aliphatic carbocycles. The van der Waals surface area contributed by atoms with Gasteiger partial charge in [-0.2, -0.15) is 0 Å². The minimum absolute atomic E-state index is 0.00156. The molecule has 6 nitrogen and oxygen atoms in total. The molecule has 0 N–H and O–H groups in total. The predicted octanol–water partition coefficient (Wildman–Crippen LogP) is 2.24. The molecular formula is C20H26N4O2. The lowest BCUT2D eigenvalue weighted by molar-refractivity contribution is -0.147. The van der Waals surface area contributed by atoms with Gasteiger partial charge in [0.2, 0.25) is 11.8 Å². The van der Waals surface area contributed by atoms with Crippen LogP contribution >= 0.6 is 0 Å². The van der Waals surface area contributed by atoms with Crippen LogP contribution in [0.15, 0.2) is 30.6 Å². The molecule has 2 heterocycles. The fraction of sp³-hybridized carbons (Fsp3) is 0.450. The van der Waals surface area contributed by atoms with Crippen LogP contribution in [-0.4, -0.2) is 50.8 Å². The van der Waals surface area contributed by atoms with Crippen molar-refractivity contribution in [1.29, 1.82) is 0 Å². The van der Waals surface area contributed by atoms with Gasteiger partial charge in [-0.1, -0.05) is 29.3 Å². The number of aromatic nitrogens is 2. The van der Waals surface area contributed by atoms with E-state index in [1.807, 2.05) is 23.3 Å². The van der Waals surface area contributed by atoms with Crippen LogP contribution in [0.25, 0.3) is 0 Å². The van der Waals surface area contributed by atoms with Crippen molar-refractivity contribution in [2.24, 2.45) is 0 Å². The monoisotopic (exact) mass is 354 g/mol. The first-order chi connectivity index (χ1) is 12.3. The Labute approximate surface area is 154 Å². The first-order valence-corrected chi connectivity index (χ1v) is 8.98. The average molecular weight is 354 g/mol. The number of amides is 2. The molecule has 1 aromatic carbocycles. The molecule has 0 bridgehead atoms. The summed E-state index contributed by atoms with van der Waals surface area (Å²) < 4.78 is 1.84. The van der Waals surface area contributed by atoms with Crippen molar-refractivity contribution in [2.75, 3.05) is 19.6 Å². The van der Waals surface area contributed by atoms with Crippen LogP contribution in [0.3, 0.4) is 0 Å². The molecular weight excluding hydrogens is 328 g/mol. The third-order valence-corrected chi connectivity index (χ3v) is 4.92. The molecule has 1 aromatic heterocycles. The van der Waals surface area contributed by atoms with Gasteiger partial charge in [0.15, 0.2) is 0 Å². The SMILES string of the molecule is Cc1cc(C)cc(CN2CCN(C(=O)[C@H](C)n3ccnc3C)CC2=O)c1. The molecule has 1 fully saturated rings. The topological polar surface area (TPSA) is 58.4 Å². The molecule has 1 aliphatic heterocycles. The summed E-state index contributed by atoms with van der Waals surface area (Å²) in [6.07, 6.45) is 3.49. The zero-order chi connectivity index (χ0) is 18.8. The number of hydrogen-bond acceptors (Lipinski definition) is 3. The molecule has 26 heavy (non-hydrogen) atoms. The second kappa shape index (κ2) is 7.32. The van der Waals surface area contributed by atoms with E-state index < -0.39 is 0 Å². The molecule has 138 valence electrons. The van der Waals surface area contributed by atoms with E-state index in [2.05, 4.69) is 37.0 Å². The number of nitrogens with zero attached hydrogens (tertiary/aromatic N) is 4. The molecule has 3 rings (SSSR count). The van der Waals surface area contributed by atoms with Gasteiger partial charge < -0.3 is 14.4 Å². The van der Waals surface area contributed by atoms with Crippen LogP contribution in [0.5, 0.6) is 0 Å². The standard InChI is InChI=1S/C20H26N4O2/c1-14-9-15(2)11-18(10-14)12-22-7-8-23(13-19(22)25)20(26)16(3)24-6-5-21-17(24)4/h5-6,9-11,16H,7-8,12-13H2,1-4H3/t16-/m0/s1. The summed E-state index contributed by atoms with van der Waals surface area (Å²) in [5.74, 6) is 0.759. The number of carbonyl (C=O) groups excluding carboxylic acids is 2. The van der Waals surface area contributed by atoms with Crippen molar-refractivity contribution in [3.05, 3.63) is 53.1 Å². The van der Waals surface area contributed by atoms with Crippen molar-refractivity contribution in [1.82, 2.24) is 19.4 Å². The third-order valence-electron chi connectivity index (χ3n) is 4.92. The van der Waals surface area contributed by atoms with Crippen LogP contribution < -0.4 is 0 Å². The normalized spacial score (nSPS) is 16.1. The van der Waals surface area contributed by atoms with Crippen LogP contribution in [0.4, 0.5) is 0 Å². The van der Waals surface area contributed by atoms with Crippen molar-refractivity contribution in [3.63, 3.8) is 0 Å². The highest BCUT2D eigenvalue weighted by atomic mass is 16.2. The molecule has 1 aliphatic rings. The summed E-state index contributed by atoms with van der Waals surface area (Å²) >= 11 is 0. The number of benzene rings is 1. The number of rotatable bonds is 4. The highest BCUT2D eigenvalue weighted by molar-refractivity contribution is 5.87. The van der Waals surface area contributed by atoms with Crippen molar-refractivity contribution in [3.8, 4) is 0 Å². The smallest absolute Gasteiger partial charge is 0.245 e. The summed E-state index contributed by atoms with van der Waals surface area (Å²) in [5.41, 5.74) is 3.54. The van der Waals surface area contributed by atoms with Gasteiger partial charge in [0.25, 0.3) is 0 Å². The minimum Gasteiger partial charge on any atom is -0.335 e. The van der Waals surface area contributed by atoms with Gasteiger partial charge in [0.1, 0.15) is 11.9 Å². The van der Waals surface area contributed by atoms with E-state index in [0.29, 0.717) is 19.6 Å². The second-order valence-electron chi connectivity index (χ2n) is 7.13. The van der Waals surface area contributed by atoms with E-state index in [-0.39, 0.29) is 24.4 Å². The number of carbonyl (C=O) groups is 2. The maximum atomic E-state index is 12.8. The quantitative estimate of drug-likeness (QED) is 0.846. The number of hydrogen-bond donors (Lipinski definition) is 0. The summed E-state index contributed by atoms with van der Waals surface area (Å²) in [6, 6.07) is 6.00. The number of aryl methyl sites for hydroxylation is 3. The first-order valence-electron chi connectivity index (χ1n) is 8.98. The number of piperazine rings is 1. The Hall–Kier alpha value is -2.63. The Balaban J connectivity index is 1.64.